The Hall–Kier alpha value is -3.10. The van der Waals surface area contributed by atoms with Crippen LogP contribution in [0.1, 0.15) is 28.5 Å². The van der Waals surface area contributed by atoms with Crippen molar-refractivity contribution in [2.75, 3.05) is 37.7 Å². The maximum atomic E-state index is 12.8. The number of thiophene rings is 1. The minimum Gasteiger partial charge on any atom is -0.462 e. The molecule has 8 heteroatoms. The summed E-state index contributed by atoms with van der Waals surface area (Å²) in [5, 5.41) is 4.17. The first-order chi connectivity index (χ1) is 15.7. The van der Waals surface area contributed by atoms with Gasteiger partial charge < -0.3 is 9.64 Å². The fraction of sp³-hybridized carbons (Fsp3) is 0.333. The minimum atomic E-state index is -0.294. The summed E-state index contributed by atoms with van der Waals surface area (Å²) in [6.45, 7) is 8.24. The molecule has 3 aromatic heterocycles. The zero-order valence-corrected chi connectivity index (χ0v) is 19.1. The van der Waals surface area contributed by atoms with Gasteiger partial charge in [0, 0.05) is 38.1 Å². The highest BCUT2D eigenvalue weighted by molar-refractivity contribution is 7.16. The maximum absolute atomic E-state index is 12.8. The maximum Gasteiger partial charge on any atom is 0.340 e. The van der Waals surface area contributed by atoms with E-state index in [9.17, 15) is 4.79 Å². The molecular weight excluding hydrogens is 422 g/mol. The Balaban J connectivity index is 1.39. The van der Waals surface area contributed by atoms with Crippen LogP contribution in [0.5, 0.6) is 0 Å². The van der Waals surface area contributed by atoms with E-state index in [1.165, 1.54) is 0 Å². The first-order valence-electron chi connectivity index (χ1n) is 10.9. The van der Waals surface area contributed by atoms with Crippen LogP contribution < -0.4 is 4.90 Å². The molecule has 1 aliphatic heterocycles. The average molecular weight is 448 g/mol. The fourth-order valence-corrected chi connectivity index (χ4v) is 5.12. The third-order valence-corrected chi connectivity index (χ3v) is 6.81. The van der Waals surface area contributed by atoms with E-state index in [0.29, 0.717) is 18.7 Å². The Morgan fingerprint density at radius 3 is 2.72 bits per heavy atom. The normalized spacial score (nSPS) is 14.9. The van der Waals surface area contributed by atoms with Gasteiger partial charge in [0.05, 0.1) is 28.8 Å². The van der Waals surface area contributed by atoms with Gasteiger partial charge in [0.25, 0.3) is 0 Å². The number of hydrogen-bond acceptors (Lipinski definition) is 8. The molecule has 0 amide bonds. The van der Waals surface area contributed by atoms with E-state index >= 15 is 0 Å². The molecule has 1 aliphatic rings. The highest BCUT2D eigenvalue weighted by atomic mass is 32.1. The van der Waals surface area contributed by atoms with Gasteiger partial charge in [-0.15, -0.1) is 11.3 Å². The third-order valence-electron chi connectivity index (χ3n) is 5.99. The molecule has 5 rings (SSSR count). The number of hydrogen-bond donors (Lipinski definition) is 0. The number of esters is 1. The van der Waals surface area contributed by atoms with Gasteiger partial charge in [-0.05, 0) is 36.9 Å². The van der Waals surface area contributed by atoms with Crippen LogP contribution in [-0.2, 0) is 11.3 Å². The first kappa shape index (κ1) is 20.8. The number of carbonyl (C=O) groups excluding carboxylic acids is 1. The molecule has 7 nitrogen and oxygen atoms in total. The van der Waals surface area contributed by atoms with E-state index < -0.39 is 0 Å². The Morgan fingerprint density at radius 2 is 1.91 bits per heavy atom. The van der Waals surface area contributed by atoms with E-state index in [2.05, 4.69) is 31.2 Å². The van der Waals surface area contributed by atoms with Crippen molar-refractivity contribution in [2.24, 2.45) is 0 Å². The second kappa shape index (κ2) is 8.80. The number of aryl methyl sites for hydroxylation is 1. The topological polar surface area (TPSA) is 71.5 Å². The molecule has 4 heterocycles. The van der Waals surface area contributed by atoms with Gasteiger partial charge in [-0.3, -0.25) is 9.88 Å². The Kier molecular flexibility index (Phi) is 5.71. The molecule has 0 radical (unpaired) electrons. The van der Waals surface area contributed by atoms with Gasteiger partial charge in [-0.25, -0.2) is 14.8 Å². The van der Waals surface area contributed by atoms with E-state index in [4.69, 9.17) is 9.72 Å². The van der Waals surface area contributed by atoms with Gasteiger partial charge >= 0.3 is 5.97 Å². The number of para-hydroxylation sites is 1. The standard InChI is InChI=1S/C24H25N5O2S/c1-3-31-24(30)21-16(2)17-6-4-5-7-19(17)27-20(21)14-28-9-11-29(12-10-28)22-18-8-13-32-23(18)26-15-25-22/h4-8,13,15H,3,9-12,14H2,1-2H3. The van der Waals surface area contributed by atoms with Crippen molar-refractivity contribution < 1.29 is 9.53 Å². The molecule has 0 N–H and O–H groups in total. The highest BCUT2D eigenvalue weighted by Gasteiger charge is 2.25. The zero-order valence-electron chi connectivity index (χ0n) is 18.2. The summed E-state index contributed by atoms with van der Waals surface area (Å²) in [6.07, 6.45) is 1.65. The summed E-state index contributed by atoms with van der Waals surface area (Å²) >= 11 is 1.64. The van der Waals surface area contributed by atoms with E-state index in [0.717, 1.165) is 64.4 Å². The average Bonchev–Trinajstić information content (AvgIpc) is 3.29. The molecule has 1 fully saturated rings. The van der Waals surface area contributed by atoms with Gasteiger partial charge in [0.2, 0.25) is 0 Å². The number of benzene rings is 1. The van der Waals surface area contributed by atoms with Gasteiger partial charge in [-0.1, -0.05) is 18.2 Å². The lowest BCUT2D eigenvalue weighted by atomic mass is 10.0. The summed E-state index contributed by atoms with van der Waals surface area (Å²) in [7, 11) is 0. The molecule has 164 valence electrons. The lowest BCUT2D eigenvalue weighted by molar-refractivity contribution is 0.0522. The molecular formula is C24H25N5O2S. The monoisotopic (exact) mass is 447 g/mol. The number of ether oxygens (including phenoxy) is 1. The lowest BCUT2D eigenvalue weighted by Crippen LogP contribution is -2.46. The Morgan fingerprint density at radius 1 is 1.09 bits per heavy atom. The number of piperazine rings is 1. The predicted molar refractivity (Wildman–Crippen MR) is 127 cm³/mol. The second-order valence-electron chi connectivity index (χ2n) is 7.90. The molecule has 4 aromatic rings. The summed E-state index contributed by atoms with van der Waals surface area (Å²) in [5.74, 6) is 0.709. The second-order valence-corrected chi connectivity index (χ2v) is 8.79. The molecule has 0 bridgehead atoms. The van der Waals surface area contributed by atoms with Crippen LogP contribution in [0.25, 0.3) is 21.1 Å². The van der Waals surface area contributed by atoms with Gasteiger partial charge in [-0.2, -0.15) is 0 Å². The number of aromatic nitrogens is 3. The number of rotatable bonds is 5. The van der Waals surface area contributed by atoms with Crippen molar-refractivity contribution in [3.8, 4) is 0 Å². The number of pyridine rings is 1. The molecule has 0 aliphatic carbocycles. The number of anilines is 1. The Labute approximate surface area is 190 Å². The summed E-state index contributed by atoms with van der Waals surface area (Å²) in [5.41, 5.74) is 3.23. The fourth-order valence-electron chi connectivity index (χ4n) is 4.39. The molecule has 0 saturated carbocycles. The van der Waals surface area contributed by atoms with Crippen molar-refractivity contribution in [2.45, 2.75) is 20.4 Å². The smallest absolute Gasteiger partial charge is 0.340 e. The summed E-state index contributed by atoms with van der Waals surface area (Å²) in [6, 6.07) is 10.1. The van der Waals surface area contributed by atoms with Crippen LogP contribution in [-0.4, -0.2) is 58.6 Å². The van der Waals surface area contributed by atoms with E-state index in [1.54, 1.807) is 17.7 Å². The lowest BCUT2D eigenvalue weighted by Gasteiger charge is -2.35. The van der Waals surface area contributed by atoms with Crippen LogP contribution in [0.3, 0.4) is 0 Å². The molecule has 1 saturated heterocycles. The van der Waals surface area contributed by atoms with Crippen LogP contribution >= 0.6 is 11.3 Å². The minimum absolute atomic E-state index is 0.294. The quantitative estimate of drug-likeness (QED) is 0.428. The molecule has 0 unspecified atom stereocenters. The van der Waals surface area contributed by atoms with E-state index in [-0.39, 0.29) is 5.97 Å². The van der Waals surface area contributed by atoms with Crippen molar-refractivity contribution in [3.05, 3.63) is 58.9 Å². The number of carbonyl (C=O) groups is 1. The largest absolute Gasteiger partial charge is 0.462 e. The third kappa shape index (κ3) is 3.80. The Bertz CT molecular complexity index is 1280. The molecule has 32 heavy (non-hydrogen) atoms. The summed E-state index contributed by atoms with van der Waals surface area (Å²) < 4.78 is 5.38. The van der Waals surface area contributed by atoms with Gasteiger partial charge in [0.15, 0.2) is 0 Å². The van der Waals surface area contributed by atoms with Crippen LogP contribution in [0.15, 0.2) is 42.0 Å². The molecule has 1 aromatic carbocycles. The number of fused-ring (bicyclic) bond motifs is 2. The molecule has 0 spiro atoms. The van der Waals surface area contributed by atoms with E-state index in [1.807, 2.05) is 38.1 Å². The first-order valence-corrected chi connectivity index (χ1v) is 11.7. The van der Waals surface area contributed by atoms with Gasteiger partial charge in [0.1, 0.15) is 17.0 Å². The van der Waals surface area contributed by atoms with Crippen LogP contribution in [0.4, 0.5) is 5.82 Å². The summed E-state index contributed by atoms with van der Waals surface area (Å²) in [4.78, 5) is 32.3. The SMILES string of the molecule is CCOC(=O)c1c(CN2CCN(c3ncnc4sccc34)CC2)nc2ccccc2c1C. The number of nitrogens with zero attached hydrogens (tertiary/aromatic N) is 5. The predicted octanol–water partition coefficient (Wildman–Crippen LogP) is 4.05. The van der Waals surface area contributed by atoms with Crippen molar-refractivity contribution in [1.29, 1.82) is 0 Å². The zero-order chi connectivity index (χ0) is 22.1. The van der Waals surface area contributed by atoms with Crippen LogP contribution in [0, 0.1) is 6.92 Å². The van der Waals surface area contributed by atoms with Crippen molar-refractivity contribution >= 4 is 44.2 Å². The highest BCUT2D eigenvalue weighted by Crippen LogP contribution is 2.28. The van der Waals surface area contributed by atoms with Crippen molar-refractivity contribution in [1.82, 2.24) is 19.9 Å². The van der Waals surface area contributed by atoms with Crippen LogP contribution in [0.2, 0.25) is 0 Å². The molecule has 0 atom stereocenters. The van der Waals surface area contributed by atoms with Crippen molar-refractivity contribution in [3.63, 3.8) is 0 Å².